The second-order valence-electron chi connectivity index (χ2n) is 7.91. The van der Waals surface area contributed by atoms with E-state index in [1.165, 1.54) is 12.3 Å². The lowest BCUT2D eigenvalue weighted by atomic mass is 10.1. The van der Waals surface area contributed by atoms with Crippen LogP contribution in [0, 0.1) is 0 Å². The molecule has 0 unspecified atom stereocenters. The van der Waals surface area contributed by atoms with E-state index in [9.17, 15) is 14.7 Å². The number of likely N-dealkylation sites (N-methyl/N-ethyl adjacent to an activating group) is 1. The van der Waals surface area contributed by atoms with Gasteiger partial charge in [0.1, 0.15) is 5.75 Å². The third-order valence-electron chi connectivity index (χ3n) is 5.43. The molecule has 0 aromatic heterocycles. The van der Waals surface area contributed by atoms with Crippen molar-refractivity contribution >= 4 is 35.3 Å². The molecule has 0 fully saturated rings. The number of aliphatic hydroxyl groups is 1. The van der Waals surface area contributed by atoms with Crippen LogP contribution in [-0.4, -0.2) is 54.8 Å². The highest BCUT2D eigenvalue weighted by Gasteiger charge is 2.16. The van der Waals surface area contributed by atoms with E-state index in [-0.39, 0.29) is 18.1 Å². The van der Waals surface area contributed by atoms with Crippen LogP contribution in [-0.2, 0) is 6.54 Å². The number of hydrogen-bond acceptors (Lipinski definition) is 6. The molecule has 0 radical (unpaired) electrons. The molecule has 0 saturated carbocycles. The summed E-state index contributed by atoms with van der Waals surface area (Å²) in [4.78, 5) is 27.9. The summed E-state index contributed by atoms with van der Waals surface area (Å²) in [7, 11) is 1.58. The summed E-state index contributed by atoms with van der Waals surface area (Å²) in [6.45, 7) is 4.03. The second kappa shape index (κ2) is 13.4. The molecule has 0 aliphatic carbocycles. The van der Waals surface area contributed by atoms with Crippen LogP contribution in [0.3, 0.4) is 0 Å². The van der Waals surface area contributed by atoms with Crippen molar-refractivity contribution in [2.24, 2.45) is 5.10 Å². The van der Waals surface area contributed by atoms with Gasteiger partial charge in [0.2, 0.25) is 0 Å². The number of ether oxygens (including phenoxy) is 1. The number of nitrogens with one attached hydrogen (secondary N) is 2. The van der Waals surface area contributed by atoms with Crippen LogP contribution in [0.4, 0.5) is 5.69 Å². The first kappa shape index (κ1) is 26.9. The number of carbonyl (C=O) groups is 2. The fraction of sp³-hybridized carbons (Fsp3) is 0.222. The van der Waals surface area contributed by atoms with Gasteiger partial charge in [-0.3, -0.25) is 14.5 Å². The van der Waals surface area contributed by atoms with Crippen LogP contribution in [0.5, 0.6) is 5.75 Å². The van der Waals surface area contributed by atoms with Gasteiger partial charge in [-0.2, -0.15) is 5.10 Å². The Balaban J connectivity index is 1.71. The Hall–Kier alpha value is -3.72. The number of hydrazone groups is 1. The predicted octanol–water partition coefficient (Wildman–Crippen LogP) is 4.18. The molecule has 3 aromatic carbocycles. The van der Waals surface area contributed by atoms with Gasteiger partial charge in [-0.1, -0.05) is 30.7 Å². The summed E-state index contributed by atoms with van der Waals surface area (Å²) < 4.78 is 5.12. The maximum atomic E-state index is 13.0. The lowest BCUT2D eigenvalue weighted by Crippen LogP contribution is -2.26. The Morgan fingerprint density at radius 1 is 1.08 bits per heavy atom. The molecule has 2 amide bonds. The van der Waals surface area contributed by atoms with Crippen molar-refractivity contribution in [3.05, 3.63) is 94.0 Å². The summed E-state index contributed by atoms with van der Waals surface area (Å²) in [6, 6.07) is 19.1. The van der Waals surface area contributed by atoms with Crippen LogP contribution in [0.1, 0.15) is 38.8 Å². The minimum absolute atomic E-state index is 0.0690. The summed E-state index contributed by atoms with van der Waals surface area (Å²) in [5.41, 5.74) is 5.13. The highest BCUT2D eigenvalue weighted by atomic mass is 35.5. The van der Waals surface area contributed by atoms with Crippen LogP contribution < -0.4 is 15.5 Å². The van der Waals surface area contributed by atoms with Crippen molar-refractivity contribution in [1.82, 2.24) is 10.3 Å². The zero-order valence-corrected chi connectivity index (χ0v) is 21.0. The normalized spacial score (nSPS) is 11.0. The number of amides is 2. The fourth-order valence-corrected chi connectivity index (χ4v) is 3.66. The fourth-order valence-electron chi connectivity index (χ4n) is 3.48. The Labute approximate surface area is 215 Å². The lowest BCUT2D eigenvalue weighted by Gasteiger charge is -2.19. The van der Waals surface area contributed by atoms with Crippen molar-refractivity contribution in [2.75, 3.05) is 32.1 Å². The Kier molecular flexibility index (Phi) is 10.00. The van der Waals surface area contributed by atoms with E-state index >= 15 is 0 Å². The molecular formula is C27H29ClN4O4. The molecule has 0 saturated heterocycles. The molecule has 0 atom stereocenters. The predicted molar refractivity (Wildman–Crippen MR) is 142 cm³/mol. The van der Waals surface area contributed by atoms with Gasteiger partial charge in [0.15, 0.2) is 0 Å². The molecule has 188 valence electrons. The summed E-state index contributed by atoms with van der Waals surface area (Å²) in [5, 5.41) is 16.4. The monoisotopic (exact) mass is 508 g/mol. The van der Waals surface area contributed by atoms with Crippen molar-refractivity contribution in [3.8, 4) is 5.75 Å². The molecule has 0 spiro atoms. The molecule has 36 heavy (non-hydrogen) atoms. The number of aliphatic hydroxyl groups excluding tert-OH is 1. The molecule has 8 nitrogen and oxygen atoms in total. The molecule has 0 aliphatic heterocycles. The highest BCUT2D eigenvalue weighted by molar-refractivity contribution is 6.31. The number of nitrogens with zero attached hydrogens (tertiary/aromatic N) is 2. The van der Waals surface area contributed by atoms with Crippen LogP contribution in [0.2, 0.25) is 5.02 Å². The van der Waals surface area contributed by atoms with Gasteiger partial charge in [0, 0.05) is 23.7 Å². The zero-order chi connectivity index (χ0) is 25.9. The molecule has 0 heterocycles. The van der Waals surface area contributed by atoms with Gasteiger partial charge in [0.05, 0.1) is 31.2 Å². The quantitative estimate of drug-likeness (QED) is 0.266. The van der Waals surface area contributed by atoms with Crippen LogP contribution in [0.25, 0.3) is 0 Å². The molecule has 0 aliphatic rings. The first-order chi connectivity index (χ1) is 17.4. The zero-order valence-electron chi connectivity index (χ0n) is 20.2. The smallest absolute Gasteiger partial charge is 0.273 e. The van der Waals surface area contributed by atoms with Crippen molar-refractivity contribution in [2.45, 2.75) is 13.5 Å². The maximum absolute atomic E-state index is 13.0. The third-order valence-corrected chi connectivity index (χ3v) is 5.66. The van der Waals surface area contributed by atoms with Gasteiger partial charge in [0.25, 0.3) is 11.8 Å². The number of methoxy groups -OCH3 is 1. The molecule has 3 rings (SSSR count). The lowest BCUT2D eigenvalue weighted by molar-refractivity contribution is 0.0956. The third kappa shape index (κ3) is 7.64. The minimum atomic E-state index is -0.520. The van der Waals surface area contributed by atoms with Gasteiger partial charge < -0.3 is 15.2 Å². The van der Waals surface area contributed by atoms with Gasteiger partial charge in [-0.15, -0.1) is 0 Å². The first-order valence-electron chi connectivity index (χ1n) is 11.4. The average molecular weight is 509 g/mol. The van der Waals surface area contributed by atoms with E-state index < -0.39 is 5.91 Å². The SMILES string of the molecule is CCN(CCO)Cc1cccc(C(=O)Nc2ccc(Cl)cc2C(=O)NN=Cc2ccc(OC)cc2)c1. The van der Waals surface area contributed by atoms with E-state index in [4.69, 9.17) is 16.3 Å². The van der Waals surface area contributed by atoms with Crippen molar-refractivity contribution in [3.63, 3.8) is 0 Å². The minimum Gasteiger partial charge on any atom is -0.497 e. The first-order valence-corrected chi connectivity index (χ1v) is 11.8. The Morgan fingerprint density at radius 3 is 2.56 bits per heavy atom. The van der Waals surface area contributed by atoms with Crippen LogP contribution >= 0.6 is 11.6 Å². The van der Waals surface area contributed by atoms with E-state index in [0.717, 1.165) is 17.7 Å². The molecule has 9 heteroatoms. The topological polar surface area (TPSA) is 103 Å². The molecule has 0 bridgehead atoms. The number of hydrogen-bond donors (Lipinski definition) is 3. The highest BCUT2D eigenvalue weighted by Crippen LogP contribution is 2.22. The van der Waals surface area contributed by atoms with E-state index in [0.29, 0.717) is 35.1 Å². The van der Waals surface area contributed by atoms with E-state index in [2.05, 4.69) is 20.7 Å². The van der Waals surface area contributed by atoms with Crippen LogP contribution in [0.15, 0.2) is 71.8 Å². The number of halogens is 1. The molecule has 3 N–H and O–H groups in total. The number of rotatable bonds is 11. The average Bonchev–Trinajstić information content (AvgIpc) is 2.89. The number of benzene rings is 3. The second-order valence-corrected chi connectivity index (χ2v) is 8.35. The summed E-state index contributed by atoms with van der Waals surface area (Å²) in [5.74, 6) is -0.164. The number of carbonyl (C=O) groups excluding carboxylic acids is 2. The Bertz CT molecular complexity index is 1210. The van der Waals surface area contributed by atoms with Crippen molar-refractivity contribution < 1.29 is 19.4 Å². The summed E-state index contributed by atoms with van der Waals surface area (Å²) in [6.07, 6.45) is 1.50. The maximum Gasteiger partial charge on any atom is 0.273 e. The summed E-state index contributed by atoms with van der Waals surface area (Å²) >= 11 is 6.12. The van der Waals surface area contributed by atoms with Gasteiger partial charge >= 0.3 is 0 Å². The van der Waals surface area contributed by atoms with Gasteiger partial charge in [-0.05, 0) is 72.3 Å². The van der Waals surface area contributed by atoms with E-state index in [1.54, 1.807) is 61.7 Å². The Morgan fingerprint density at radius 2 is 1.86 bits per heavy atom. The molecule has 3 aromatic rings. The van der Waals surface area contributed by atoms with Gasteiger partial charge in [-0.25, -0.2) is 5.43 Å². The molecular weight excluding hydrogens is 480 g/mol. The largest absolute Gasteiger partial charge is 0.497 e. The standard InChI is InChI=1S/C27H29ClN4O4/c1-3-32(13-14-33)18-20-5-4-6-21(15-20)26(34)30-25-12-9-22(28)16-24(25)27(35)31-29-17-19-7-10-23(36-2)11-8-19/h4-12,15-17,33H,3,13-14,18H2,1-2H3,(H,30,34)(H,31,35). The number of anilines is 1. The van der Waals surface area contributed by atoms with E-state index in [1.807, 2.05) is 13.0 Å². The van der Waals surface area contributed by atoms with Crippen molar-refractivity contribution in [1.29, 1.82) is 0 Å².